The fraction of sp³-hybridized carbons (Fsp3) is 0.588. The fourth-order valence-electron chi connectivity index (χ4n) is 2.08. The first kappa shape index (κ1) is 18.0. The van der Waals surface area contributed by atoms with Crippen molar-refractivity contribution in [2.24, 2.45) is 0 Å². The SMILES string of the molecule is CCCCCCNC(=O)COc1ccc(CCC)cc1Br. The van der Waals surface area contributed by atoms with Gasteiger partial charge in [0.1, 0.15) is 5.75 Å². The Balaban J connectivity index is 2.29. The Labute approximate surface area is 136 Å². The lowest BCUT2D eigenvalue weighted by Crippen LogP contribution is -2.29. The molecule has 4 heteroatoms. The number of rotatable bonds is 10. The fourth-order valence-corrected chi connectivity index (χ4v) is 2.62. The molecule has 3 nitrogen and oxygen atoms in total. The second kappa shape index (κ2) is 10.7. The van der Waals surface area contributed by atoms with E-state index in [1.54, 1.807) is 0 Å². The number of ether oxygens (including phenoxy) is 1. The first-order chi connectivity index (χ1) is 10.2. The van der Waals surface area contributed by atoms with Crippen LogP contribution in [0.2, 0.25) is 0 Å². The summed E-state index contributed by atoms with van der Waals surface area (Å²) in [6.07, 6.45) is 6.81. The summed E-state index contributed by atoms with van der Waals surface area (Å²) in [4.78, 5) is 11.7. The van der Waals surface area contributed by atoms with Crippen LogP contribution in [0, 0.1) is 0 Å². The highest BCUT2D eigenvalue weighted by atomic mass is 79.9. The standard InChI is InChI=1S/C17H26BrNO2/c1-3-5-6-7-11-19-17(20)13-21-16-10-9-14(8-4-2)12-15(16)18/h9-10,12H,3-8,11,13H2,1-2H3,(H,19,20). The maximum Gasteiger partial charge on any atom is 0.257 e. The molecule has 21 heavy (non-hydrogen) atoms. The van der Waals surface area contributed by atoms with Gasteiger partial charge in [0.05, 0.1) is 4.47 Å². The van der Waals surface area contributed by atoms with Gasteiger partial charge in [-0.15, -0.1) is 0 Å². The van der Waals surface area contributed by atoms with E-state index < -0.39 is 0 Å². The van der Waals surface area contributed by atoms with Gasteiger partial charge in [0.25, 0.3) is 5.91 Å². The molecule has 1 N–H and O–H groups in total. The van der Waals surface area contributed by atoms with Crippen molar-refractivity contribution in [2.45, 2.75) is 52.4 Å². The molecule has 0 fully saturated rings. The van der Waals surface area contributed by atoms with E-state index in [9.17, 15) is 4.79 Å². The van der Waals surface area contributed by atoms with Crippen LogP contribution in [0.3, 0.4) is 0 Å². The van der Waals surface area contributed by atoms with Crippen molar-refractivity contribution < 1.29 is 9.53 Å². The van der Waals surface area contributed by atoms with Gasteiger partial charge in [0.2, 0.25) is 0 Å². The number of carbonyl (C=O) groups is 1. The number of hydrogen-bond donors (Lipinski definition) is 1. The summed E-state index contributed by atoms with van der Waals surface area (Å²) in [6.45, 7) is 5.14. The molecule has 0 aliphatic carbocycles. The summed E-state index contributed by atoms with van der Waals surface area (Å²) < 4.78 is 6.46. The van der Waals surface area contributed by atoms with Gasteiger partial charge >= 0.3 is 0 Å². The normalized spacial score (nSPS) is 10.4. The van der Waals surface area contributed by atoms with Gasteiger partial charge in [-0.3, -0.25) is 4.79 Å². The third-order valence-corrected chi connectivity index (χ3v) is 3.87. The van der Waals surface area contributed by atoms with E-state index in [2.05, 4.69) is 41.2 Å². The molecule has 0 aliphatic rings. The van der Waals surface area contributed by atoms with Crippen LogP contribution in [0.25, 0.3) is 0 Å². The maximum atomic E-state index is 11.7. The number of unbranched alkanes of at least 4 members (excludes halogenated alkanes) is 3. The third-order valence-electron chi connectivity index (χ3n) is 3.25. The number of amides is 1. The van der Waals surface area contributed by atoms with E-state index in [0.717, 1.165) is 36.0 Å². The zero-order valence-corrected chi connectivity index (χ0v) is 14.7. The Morgan fingerprint density at radius 2 is 2.00 bits per heavy atom. The molecule has 0 aliphatic heterocycles. The van der Waals surface area contributed by atoms with E-state index in [4.69, 9.17) is 4.74 Å². The zero-order chi connectivity index (χ0) is 15.5. The van der Waals surface area contributed by atoms with Crippen molar-refractivity contribution in [2.75, 3.05) is 13.2 Å². The highest BCUT2D eigenvalue weighted by Gasteiger charge is 2.06. The minimum absolute atomic E-state index is 0.0592. The van der Waals surface area contributed by atoms with Crippen molar-refractivity contribution in [1.29, 1.82) is 0 Å². The smallest absolute Gasteiger partial charge is 0.257 e. The van der Waals surface area contributed by atoms with Gasteiger partial charge in [0.15, 0.2) is 6.61 Å². The van der Waals surface area contributed by atoms with Crippen molar-refractivity contribution in [1.82, 2.24) is 5.32 Å². The largest absolute Gasteiger partial charge is 0.483 e. The highest BCUT2D eigenvalue weighted by Crippen LogP contribution is 2.26. The Hall–Kier alpha value is -1.03. The summed E-state index contributed by atoms with van der Waals surface area (Å²) in [5.74, 6) is 0.659. The second-order valence-electron chi connectivity index (χ2n) is 5.21. The van der Waals surface area contributed by atoms with Crippen molar-refractivity contribution in [3.63, 3.8) is 0 Å². The molecule has 0 atom stereocenters. The van der Waals surface area contributed by atoms with Crippen LogP contribution in [0.1, 0.15) is 51.5 Å². The molecular formula is C17H26BrNO2. The minimum atomic E-state index is -0.0592. The number of aryl methyl sites for hydroxylation is 1. The summed E-state index contributed by atoms with van der Waals surface area (Å²) in [6, 6.07) is 6.03. The average Bonchev–Trinajstić information content (AvgIpc) is 2.46. The highest BCUT2D eigenvalue weighted by molar-refractivity contribution is 9.10. The lowest BCUT2D eigenvalue weighted by atomic mass is 10.1. The number of nitrogens with one attached hydrogen (secondary N) is 1. The molecule has 1 aromatic rings. The van der Waals surface area contributed by atoms with Crippen LogP contribution >= 0.6 is 15.9 Å². The van der Waals surface area contributed by atoms with Crippen LogP contribution in [-0.2, 0) is 11.2 Å². The Kier molecular flexibility index (Phi) is 9.15. The van der Waals surface area contributed by atoms with Gasteiger partial charge < -0.3 is 10.1 Å². The molecule has 0 radical (unpaired) electrons. The predicted molar refractivity (Wildman–Crippen MR) is 90.8 cm³/mol. The Bertz CT molecular complexity index is 435. The summed E-state index contributed by atoms with van der Waals surface area (Å²) >= 11 is 3.49. The maximum absolute atomic E-state index is 11.7. The molecule has 0 unspecified atom stereocenters. The monoisotopic (exact) mass is 355 g/mol. The van der Waals surface area contributed by atoms with E-state index in [0.29, 0.717) is 0 Å². The zero-order valence-electron chi connectivity index (χ0n) is 13.1. The molecule has 0 bridgehead atoms. The first-order valence-corrected chi connectivity index (χ1v) is 8.64. The van der Waals surface area contributed by atoms with Gasteiger partial charge in [0, 0.05) is 6.54 Å². The van der Waals surface area contributed by atoms with Crippen molar-refractivity contribution in [3.8, 4) is 5.75 Å². The molecule has 1 amide bonds. The molecule has 1 rings (SSSR count). The minimum Gasteiger partial charge on any atom is -0.483 e. The molecule has 0 saturated heterocycles. The number of halogens is 1. The van der Waals surface area contributed by atoms with Crippen LogP contribution in [0.5, 0.6) is 5.75 Å². The summed E-state index contributed by atoms with van der Waals surface area (Å²) in [5, 5.41) is 2.88. The lowest BCUT2D eigenvalue weighted by molar-refractivity contribution is -0.123. The summed E-state index contributed by atoms with van der Waals surface area (Å²) in [7, 11) is 0. The van der Waals surface area contributed by atoms with E-state index in [1.807, 2.05) is 12.1 Å². The van der Waals surface area contributed by atoms with E-state index in [-0.39, 0.29) is 12.5 Å². The Morgan fingerprint density at radius 1 is 1.19 bits per heavy atom. The average molecular weight is 356 g/mol. The number of benzene rings is 1. The van der Waals surface area contributed by atoms with E-state index in [1.165, 1.54) is 24.8 Å². The van der Waals surface area contributed by atoms with Crippen LogP contribution in [-0.4, -0.2) is 19.1 Å². The summed E-state index contributed by atoms with van der Waals surface area (Å²) in [5.41, 5.74) is 1.28. The van der Waals surface area contributed by atoms with Crippen LogP contribution < -0.4 is 10.1 Å². The van der Waals surface area contributed by atoms with Gasteiger partial charge in [-0.2, -0.15) is 0 Å². The molecular weight excluding hydrogens is 330 g/mol. The third kappa shape index (κ3) is 7.51. The number of hydrogen-bond acceptors (Lipinski definition) is 2. The molecule has 118 valence electrons. The van der Waals surface area contributed by atoms with Crippen molar-refractivity contribution >= 4 is 21.8 Å². The molecule has 0 aromatic heterocycles. The molecule has 1 aromatic carbocycles. The topological polar surface area (TPSA) is 38.3 Å². The van der Waals surface area contributed by atoms with Gasteiger partial charge in [-0.25, -0.2) is 0 Å². The predicted octanol–water partition coefficient (Wildman–Crippen LogP) is 4.48. The molecule has 0 saturated carbocycles. The second-order valence-corrected chi connectivity index (χ2v) is 6.07. The van der Waals surface area contributed by atoms with Crippen LogP contribution in [0.4, 0.5) is 0 Å². The van der Waals surface area contributed by atoms with Crippen molar-refractivity contribution in [3.05, 3.63) is 28.2 Å². The van der Waals surface area contributed by atoms with Crippen LogP contribution in [0.15, 0.2) is 22.7 Å². The lowest BCUT2D eigenvalue weighted by Gasteiger charge is -2.10. The Morgan fingerprint density at radius 3 is 2.67 bits per heavy atom. The van der Waals surface area contributed by atoms with Gasteiger partial charge in [-0.1, -0.05) is 45.6 Å². The first-order valence-electron chi connectivity index (χ1n) is 7.85. The van der Waals surface area contributed by atoms with E-state index >= 15 is 0 Å². The number of carbonyl (C=O) groups excluding carboxylic acids is 1. The molecule has 0 spiro atoms. The quantitative estimate of drug-likeness (QED) is 0.628. The van der Waals surface area contributed by atoms with Gasteiger partial charge in [-0.05, 0) is 46.5 Å². The molecule has 0 heterocycles.